The summed E-state index contributed by atoms with van der Waals surface area (Å²) in [5.74, 6) is -0.985. The van der Waals surface area contributed by atoms with Gasteiger partial charge in [-0.15, -0.1) is 0 Å². The SMILES string of the molecule is O=C1NC(=O)[C@]2(Cc3ccccc3N3CCN(c4ccccc4)C[C@@H]32)C(=O)N1c1ccccc1. The third kappa shape index (κ3) is 2.93. The van der Waals surface area contributed by atoms with Gasteiger partial charge in [-0.3, -0.25) is 14.9 Å². The van der Waals surface area contributed by atoms with Crippen LogP contribution >= 0.6 is 0 Å². The second-order valence-electron chi connectivity index (χ2n) is 9.00. The van der Waals surface area contributed by atoms with Crippen molar-refractivity contribution in [1.29, 1.82) is 0 Å². The highest BCUT2D eigenvalue weighted by molar-refractivity contribution is 6.30. The molecule has 4 amide bonds. The van der Waals surface area contributed by atoms with Crippen LogP contribution in [-0.2, 0) is 16.0 Å². The maximum absolute atomic E-state index is 14.2. The Balaban J connectivity index is 1.49. The maximum atomic E-state index is 14.2. The minimum atomic E-state index is -1.43. The van der Waals surface area contributed by atoms with Crippen molar-refractivity contribution in [2.24, 2.45) is 5.41 Å². The van der Waals surface area contributed by atoms with Crippen molar-refractivity contribution in [3.8, 4) is 0 Å². The number of benzene rings is 3. The molecule has 3 heterocycles. The molecule has 3 aromatic carbocycles. The zero-order valence-corrected chi connectivity index (χ0v) is 18.6. The Morgan fingerprint density at radius 1 is 0.765 bits per heavy atom. The van der Waals surface area contributed by atoms with E-state index in [-0.39, 0.29) is 6.42 Å². The lowest BCUT2D eigenvalue weighted by Crippen LogP contribution is -2.75. The summed E-state index contributed by atoms with van der Waals surface area (Å²) in [5, 5.41) is 2.52. The molecular formula is C27H24N4O3. The maximum Gasteiger partial charge on any atom is 0.335 e. The molecule has 0 saturated carbocycles. The Bertz CT molecular complexity index is 1280. The molecule has 1 N–H and O–H groups in total. The van der Waals surface area contributed by atoms with Crippen LogP contribution in [-0.4, -0.2) is 43.5 Å². The van der Waals surface area contributed by atoms with Gasteiger partial charge in [0.05, 0.1) is 11.7 Å². The Kier molecular flexibility index (Phi) is 4.65. The summed E-state index contributed by atoms with van der Waals surface area (Å²) >= 11 is 0. The molecule has 2 fully saturated rings. The van der Waals surface area contributed by atoms with Crippen LogP contribution in [0.5, 0.6) is 0 Å². The third-order valence-electron chi connectivity index (χ3n) is 7.27. The minimum absolute atomic E-state index is 0.244. The first-order valence-electron chi connectivity index (χ1n) is 11.5. The molecule has 34 heavy (non-hydrogen) atoms. The van der Waals surface area contributed by atoms with Crippen molar-refractivity contribution < 1.29 is 14.4 Å². The fraction of sp³-hybridized carbons (Fsp3) is 0.222. The normalized spacial score (nSPS) is 24.1. The van der Waals surface area contributed by atoms with Gasteiger partial charge in [0.2, 0.25) is 5.91 Å². The second-order valence-corrected chi connectivity index (χ2v) is 9.00. The minimum Gasteiger partial charge on any atom is -0.368 e. The van der Waals surface area contributed by atoms with Crippen molar-refractivity contribution in [3.05, 3.63) is 90.5 Å². The van der Waals surface area contributed by atoms with Gasteiger partial charge in [-0.2, -0.15) is 0 Å². The number of nitrogens with zero attached hydrogens (tertiary/aromatic N) is 3. The first kappa shape index (κ1) is 20.5. The van der Waals surface area contributed by atoms with Crippen LogP contribution in [0.4, 0.5) is 21.9 Å². The molecular weight excluding hydrogens is 428 g/mol. The van der Waals surface area contributed by atoms with Gasteiger partial charge in [-0.1, -0.05) is 54.6 Å². The van der Waals surface area contributed by atoms with Gasteiger partial charge in [0.15, 0.2) is 5.41 Å². The molecule has 0 bridgehead atoms. The number of amides is 4. The number of hydrogen-bond acceptors (Lipinski definition) is 5. The predicted molar refractivity (Wildman–Crippen MR) is 130 cm³/mol. The Morgan fingerprint density at radius 2 is 1.41 bits per heavy atom. The van der Waals surface area contributed by atoms with E-state index < -0.39 is 29.3 Å². The number of fused-ring (bicyclic) bond motifs is 4. The molecule has 0 aliphatic carbocycles. The smallest absolute Gasteiger partial charge is 0.335 e. The number of rotatable bonds is 2. The number of carbonyl (C=O) groups is 3. The number of imide groups is 2. The molecule has 3 aromatic rings. The number of para-hydroxylation sites is 3. The van der Waals surface area contributed by atoms with Crippen molar-refractivity contribution in [2.45, 2.75) is 12.5 Å². The summed E-state index contributed by atoms with van der Waals surface area (Å²) in [4.78, 5) is 46.3. The molecule has 3 aliphatic heterocycles. The molecule has 0 radical (unpaired) electrons. The lowest BCUT2D eigenvalue weighted by atomic mass is 9.67. The zero-order valence-electron chi connectivity index (χ0n) is 18.6. The molecule has 170 valence electrons. The van der Waals surface area contributed by atoms with Crippen molar-refractivity contribution in [1.82, 2.24) is 5.32 Å². The summed E-state index contributed by atoms with van der Waals surface area (Å²) in [6.45, 7) is 1.93. The molecule has 1 spiro atoms. The Hall–Kier alpha value is -4.13. The van der Waals surface area contributed by atoms with Crippen molar-refractivity contribution >= 4 is 34.9 Å². The van der Waals surface area contributed by atoms with E-state index in [0.717, 1.165) is 28.4 Å². The van der Waals surface area contributed by atoms with Crippen LogP contribution in [0.25, 0.3) is 0 Å². The summed E-state index contributed by atoms with van der Waals surface area (Å²) < 4.78 is 0. The van der Waals surface area contributed by atoms with Gasteiger partial charge >= 0.3 is 6.03 Å². The molecule has 0 aromatic heterocycles. The standard InChI is InChI=1S/C27H24N4O3/c32-24-27(25(33)31(26(34)28-24)21-12-5-2-6-13-21)17-19-9-7-8-14-22(19)30-16-15-29(18-23(27)30)20-10-3-1-4-11-20/h1-14,23H,15-18H2,(H,28,32,34)/t23-,27-/m1/s1. The predicted octanol–water partition coefficient (Wildman–Crippen LogP) is 3.21. The number of carbonyl (C=O) groups excluding carboxylic acids is 3. The molecule has 7 nitrogen and oxygen atoms in total. The van der Waals surface area contributed by atoms with Gasteiger partial charge in [-0.25, -0.2) is 9.69 Å². The topological polar surface area (TPSA) is 73.0 Å². The number of hydrogen-bond donors (Lipinski definition) is 1. The Morgan fingerprint density at radius 3 is 2.15 bits per heavy atom. The molecule has 3 aliphatic rings. The van der Waals surface area contributed by atoms with Gasteiger partial charge in [0.25, 0.3) is 5.91 Å². The Labute approximate surface area is 197 Å². The number of nitrogens with one attached hydrogen (secondary N) is 1. The molecule has 6 rings (SSSR count). The molecule has 2 atom stereocenters. The average molecular weight is 453 g/mol. The quantitative estimate of drug-likeness (QED) is 0.605. The van der Waals surface area contributed by atoms with Crippen LogP contribution in [0.2, 0.25) is 0 Å². The lowest BCUT2D eigenvalue weighted by Gasteiger charge is -2.55. The molecule has 0 unspecified atom stereocenters. The fourth-order valence-corrected chi connectivity index (χ4v) is 5.64. The number of piperazine rings is 1. The van der Waals surface area contributed by atoms with Gasteiger partial charge in [0, 0.05) is 31.0 Å². The van der Waals surface area contributed by atoms with Gasteiger partial charge in [-0.05, 0) is 42.3 Å². The first-order chi connectivity index (χ1) is 16.6. The monoisotopic (exact) mass is 452 g/mol. The summed E-state index contributed by atoms with van der Waals surface area (Å²) in [7, 11) is 0. The molecule has 7 heteroatoms. The van der Waals surface area contributed by atoms with Crippen molar-refractivity contribution in [3.63, 3.8) is 0 Å². The average Bonchev–Trinajstić information content (AvgIpc) is 2.88. The van der Waals surface area contributed by atoms with Crippen LogP contribution < -0.4 is 20.0 Å². The van der Waals surface area contributed by atoms with E-state index in [1.807, 2.05) is 54.6 Å². The summed E-state index contributed by atoms with van der Waals surface area (Å²) in [6, 6.07) is 25.7. The van der Waals surface area contributed by atoms with Gasteiger partial charge in [0.1, 0.15) is 0 Å². The number of barbiturate groups is 1. The van der Waals surface area contributed by atoms with E-state index in [1.165, 1.54) is 0 Å². The highest BCUT2D eigenvalue weighted by Crippen LogP contribution is 2.46. The van der Waals surface area contributed by atoms with E-state index in [4.69, 9.17) is 0 Å². The van der Waals surface area contributed by atoms with Crippen LogP contribution in [0, 0.1) is 5.41 Å². The lowest BCUT2D eigenvalue weighted by molar-refractivity contribution is -0.144. The van der Waals surface area contributed by atoms with Crippen LogP contribution in [0.3, 0.4) is 0 Å². The number of anilines is 3. The van der Waals surface area contributed by atoms with E-state index in [0.29, 0.717) is 18.8 Å². The van der Waals surface area contributed by atoms with E-state index in [2.05, 4.69) is 21.2 Å². The number of urea groups is 1. The van der Waals surface area contributed by atoms with E-state index in [9.17, 15) is 14.4 Å². The largest absolute Gasteiger partial charge is 0.368 e. The van der Waals surface area contributed by atoms with E-state index >= 15 is 0 Å². The van der Waals surface area contributed by atoms with Crippen LogP contribution in [0.1, 0.15) is 5.56 Å². The summed E-state index contributed by atoms with van der Waals surface area (Å²) in [6.07, 6.45) is 0.244. The fourth-order valence-electron chi connectivity index (χ4n) is 5.64. The highest BCUT2D eigenvalue weighted by atomic mass is 16.2. The second kappa shape index (κ2) is 7.73. The first-order valence-corrected chi connectivity index (χ1v) is 11.5. The van der Waals surface area contributed by atoms with Crippen molar-refractivity contribution in [2.75, 3.05) is 34.3 Å². The zero-order chi connectivity index (χ0) is 23.3. The van der Waals surface area contributed by atoms with Gasteiger partial charge < -0.3 is 9.80 Å². The summed E-state index contributed by atoms with van der Waals surface area (Å²) in [5.41, 5.74) is 2.08. The van der Waals surface area contributed by atoms with E-state index in [1.54, 1.807) is 24.3 Å². The third-order valence-corrected chi connectivity index (χ3v) is 7.27. The van der Waals surface area contributed by atoms with Crippen LogP contribution in [0.15, 0.2) is 84.9 Å². The molecule has 2 saturated heterocycles. The highest BCUT2D eigenvalue weighted by Gasteiger charge is 2.63.